The molecule has 180 valence electrons. The molecule has 0 aromatic rings. The molecule has 0 N–H and O–H groups in total. The van der Waals surface area contributed by atoms with Crippen LogP contribution in [0.25, 0.3) is 0 Å². The van der Waals surface area contributed by atoms with Gasteiger partial charge in [0.2, 0.25) is 0 Å². The summed E-state index contributed by atoms with van der Waals surface area (Å²) in [6.07, 6.45) is 8.15. The Labute approximate surface area is 191 Å². The molecule has 4 aliphatic heterocycles. The van der Waals surface area contributed by atoms with Crippen LogP contribution in [0.1, 0.15) is 65.7 Å². The van der Waals surface area contributed by atoms with Crippen LogP contribution in [0.4, 0.5) is 9.18 Å². The van der Waals surface area contributed by atoms with Crippen LogP contribution in [0.15, 0.2) is 11.6 Å². The fourth-order valence-electron chi connectivity index (χ4n) is 6.02. The van der Waals surface area contributed by atoms with Crippen LogP contribution in [0.5, 0.6) is 0 Å². The number of amides is 1. The van der Waals surface area contributed by atoms with Crippen molar-refractivity contribution in [2.24, 2.45) is 5.92 Å². The van der Waals surface area contributed by atoms with Gasteiger partial charge in [0, 0.05) is 26.2 Å². The van der Waals surface area contributed by atoms with Crippen molar-refractivity contribution in [1.29, 1.82) is 0 Å². The Morgan fingerprint density at radius 2 is 1.91 bits per heavy atom. The summed E-state index contributed by atoms with van der Waals surface area (Å²) < 4.78 is 31.3. The average Bonchev–Trinajstić information content (AvgIpc) is 3.55. The van der Waals surface area contributed by atoms with Crippen molar-refractivity contribution in [3.05, 3.63) is 11.6 Å². The summed E-state index contributed by atoms with van der Waals surface area (Å²) >= 11 is 0. The van der Waals surface area contributed by atoms with Gasteiger partial charge < -0.3 is 24.0 Å². The minimum atomic E-state index is -0.655. The van der Waals surface area contributed by atoms with Gasteiger partial charge in [0.05, 0.1) is 11.7 Å². The summed E-state index contributed by atoms with van der Waals surface area (Å²) in [5.41, 5.74) is 1.11. The summed E-state index contributed by atoms with van der Waals surface area (Å²) in [7, 11) is 0. The number of rotatable bonds is 7. The first kappa shape index (κ1) is 22.6. The molecule has 32 heavy (non-hydrogen) atoms. The number of halogens is 1. The number of epoxide rings is 2. The molecule has 1 amide bonds. The van der Waals surface area contributed by atoms with E-state index >= 15 is 0 Å². The standard InChI is InChI=1S/C25H39FN2O4/c1-17(2)4-5-21-24(3,31-21)22-25(32-22)10-6-20(7-11-25)30-23(29)28-14-18(15-28)8-12-27-13-9-19(26)16-27/h4,18-22H,5-16H2,1-3H3/t19-,20?,21-,22?,24-,25?/m1/s1. The number of ether oxygens (including phenoxy) is 3. The third kappa shape index (κ3) is 4.58. The van der Waals surface area contributed by atoms with Crippen LogP contribution in [0.2, 0.25) is 0 Å². The Morgan fingerprint density at radius 1 is 1.16 bits per heavy atom. The van der Waals surface area contributed by atoms with Crippen molar-refractivity contribution in [3.63, 3.8) is 0 Å². The third-order valence-corrected chi connectivity index (χ3v) is 8.34. The van der Waals surface area contributed by atoms with Crippen LogP contribution < -0.4 is 0 Å². The smallest absolute Gasteiger partial charge is 0.410 e. The van der Waals surface area contributed by atoms with Gasteiger partial charge in [0.1, 0.15) is 24.0 Å². The molecule has 4 saturated heterocycles. The number of hydrogen-bond donors (Lipinski definition) is 0. The van der Waals surface area contributed by atoms with Gasteiger partial charge in [0.15, 0.2) is 0 Å². The Hall–Kier alpha value is -1.18. The second-order valence-electron chi connectivity index (χ2n) is 11.2. The predicted molar refractivity (Wildman–Crippen MR) is 119 cm³/mol. The number of alkyl halides is 1. The summed E-state index contributed by atoms with van der Waals surface area (Å²) in [4.78, 5) is 16.5. The van der Waals surface area contributed by atoms with E-state index in [1.54, 1.807) is 0 Å². The molecule has 4 heterocycles. The van der Waals surface area contributed by atoms with Gasteiger partial charge in [-0.2, -0.15) is 0 Å². The summed E-state index contributed by atoms with van der Waals surface area (Å²) in [6.45, 7) is 10.4. The number of allylic oxidation sites excluding steroid dienone is 1. The number of carbonyl (C=O) groups is 1. The first-order valence-electron chi connectivity index (χ1n) is 12.6. The lowest BCUT2D eigenvalue weighted by molar-refractivity contribution is 0.00521. The number of hydrogen-bond acceptors (Lipinski definition) is 5. The Balaban J connectivity index is 0.985. The van der Waals surface area contributed by atoms with Gasteiger partial charge >= 0.3 is 6.09 Å². The maximum atomic E-state index is 13.3. The van der Waals surface area contributed by atoms with Crippen LogP contribution in [-0.2, 0) is 14.2 Å². The van der Waals surface area contributed by atoms with Crippen molar-refractivity contribution in [2.45, 2.75) is 101 Å². The lowest BCUT2D eigenvalue weighted by atomic mass is 9.80. The van der Waals surface area contributed by atoms with Gasteiger partial charge in [0.25, 0.3) is 0 Å². The molecule has 0 aromatic heterocycles. The summed E-state index contributed by atoms with van der Waals surface area (Å²) in [5.74, 6) is 0.523. The van der Waals surface area contributed by atoms with Crippen molar-refractivity contribution in [1.82, 2.24) is 9.80 Å². The van der Waals surface area contributed by atoms with Crippen LogP contribution in [0, 0.1) is 5.92 Å². The van der Waals surface area contributed by atoms with E-state index in [9.17, 15) is 9.18 Å². The zero-order valence-corrected chi connectivity index (χ0v) is 19.9. The number of nitrogens with zero attached hydrogens (tertiary/aromatic N) is 2. The second kappa shape index (κ2) is 8.55. The maximum absolute atomic E-state index is 13.3. The van der Waals surface area contributed by atoms with Crippen molar-refractivity contribution in [3.8, 4) is 0 Å². The molecule has 5 aliphatic rings. The van der Waals surface area contributed by atoms with E-state index in [2.05, 4.69) is 31.7 Å². The average molecular weight is 451 g/mol. The zero-order chi connectivity index (χ0) is 22.5. The molecule has 6 nitrogen and oxygen atoms in total. The van der Waals surface area contributed by atoms with Crippen molar-refractivity contribution >= 4 is 6.09 Å². The molecule has 0 bridgehead atoms. The molecule has 1 spiro atoms. The topological polar surface area (TPSA) is 57.8 Å². The van der Waals surface area contributed by atoms with Gasteiger partial charge in [-0.15, -0.1) is 0 Å². The van der Waals surface area contributed by atoms with Crippen LogP contribution in [0.3, 0.4) is 0 Å². The molecule has 4 atom stereocenters. The molecule has 5 fully saturated rings. The largest absolute Gasteiger partial charge is 0.446 e. The lowest BCUT2D eigenvalue weighted by Crippen LogP contribution is -2.51. The van der Waals surface area contributed by atoms with Gasteiger partial charge in [-0.05, 0) is 78.2 Å². The maximum Gasteiger partial charge on any atom is 0.410 e. The quantitative estimate of drug-likeness (QED) is 0.432. The molecule has 5 rings (SSSR count). The lowest BCUT2D eigenvalue weighted by Gasteiger charge is -2.40. The molecule has 0 radical (unpaired) electrons. The third-order valence-electron chi connectivity index (χ3n) is 8.34. The van der Waals surface area contributed by atoms with Gasteiger partial charge in [-0.3, -0.25) is 0 Å². The minimum Gasteiger partial charge on any atom is -0.446 e. The fourth-order valence-corrected chi connectivity index (χ4v) is 6.02. The molecular weight excluding hydrogens is 411 g/mol. The van der Waals surface area contributed by atoms with E-state index in [0.717, 1.165) is 64.7 Å². The van der Waals surface area contributed by atoms with Gasteiger partial charge in [-0.25, -0.2) is 9.18 Å². The molecular formula is C25H39FN2O4. The van der Waals surface area contributed by atoms with Crippen LogP contribution in [-0.4, -0.2) is 84.3 Å². The first-order chi connectivity index (χ1) is 15.3. The number of carbonyl (C=O) groups excluding carboxylic acids is 1. The van der Waals surface area contributed by atoms with E-state index in [4.69, 9.17) is 14.2 Å². The Bertz CT molecular complexity index is 742. The fraction of sp³-hybridized carbons (Fsp3) is 0.880. The van der Waals surface area contributed by atoms with E-state index in [-0.39, 0.29) is 35.6 Å². The summed E-state index contributed by atoms with van der Waals surface area (Å²) in [6, 6.07) is 0. The zero-order valence-electron chi connectivity index (χ0n) is 19.9. The van der Waals surface area contributed by atoms with E-state index < -0.39 is 6.17 Å². The molecule has 1 saturated carbocycles. The van der Waals surface area contributed by atoms with E-state index in [1.165, 1.54) is 5.57 Å². The monoisotopic (exact) mass is 450 g/mol. The predicted octanol–water partition coefficient (Wildman–Crippen LogP) is 4.08. The van der Waals surface area contributed by atoms with Crippen molar-refractivity contribution in [2.75, 3.05) is 32.7 Å². The van der Waals surface area contributed by atoms with Crippen molar-refractivity contribution < 1.29 is 23.4 Å². The highest BCUT2D eigenvalue weighted by molar-refractivity contribution is 5.68. The highest BCUT2D eigenvalue weighted by Gasteiger charge is 2.73. The minimum absolute atomic E-state index is 0.00230. The molecule has 1 unspecified atom stereocenters. The molecule has 1 aliphatic carbocycles. The SMILES string of the molecule is CC(C)=CC[C@H]1O[C@@]1(C)C1OC12CCC(OC(=O)N1CC(CCN3CC[C@@H](F)C3)C1)CC2. The Morgan fingerprint density at radius 3 is 2.56 bits per heavy atom. The second-order valence-corrected chi connectivity index (χ2v) is 11.2. The van der Waals surface area contributed by atoms with E-state index in [1.807, 2.05) is 4.90 Å². The van der Waals surface area contributed by atoms with E-state index in [0.29, 0.717) is 18.9 Å². The highest BCUT2D eigenvalue weighted by Crippen LogP contribution is 2.60. The normalized spacial score (nSPS) is 41.4. The van der Waals surface area contributed by atoms with Gasteiger partial charge in [-0.1, -0.05) is 11.6 Å². The first-order valence-corrected chi connectivity index (χ1v) is 12.6. The van der Waals surface area contributed by atoms with Crippen LogP contribution >= 0.6 is 0 Å². The number of likely N-dealkylation sites (tertiary alicyclic amines) is 2. The Kier molecular flexibility index (Phi) is 6.04. The molecule has 0 aromatic carbocycles. The summed E-state index contributed by atoms with van der Waals surface area (Å²) in [5, 5.41) is 0. The molecule has 7 heteroatoms. The highest BCUT2D eigenvalue weighted by atomic mass is 19.1.